The van der Waals surface area contributed by atoms with Gasteiger partial charge in [0, 0.05) is 23.4 Å². The van der Waals surface area contributed by atoms with Gasteiger partial charge in [-0.1, -0.05) is 50.8 Å². The number of benzene rings is 2. The van der Waals surface area contributed by atoms with Gasteiger partial charge in [-0.25, -0.2) is 0 Å². The molecule has 0 aliphatic rings. The number of thiocarbonyl (C=S) groups is 1. The molecule has 0 aliphatic heterocycles. The SMILES string of the molecule is CCCCCCCC(=O)NC(=S)Nc1cccc(C(=O)Nc2cccc(C)c2)c1. The summed E-state index contributed by atoms with van der Waals surface area (Å²) < 4.78 is 0. The topological polar surface area (TPSA) is 70.2 Å². The molecule has 0 radical (unpaired) electrons. The summed E-state index contributed by atoms with van der Waals surface area (Å²) in [6.07, 6.45) is 5.93. The molecule has 0 saturated carbocycles. The fourth-order valence-corrected chi connectivity index (χ4v) is 3.14. The lowest BCUT2D eigenvalue weighted by Crippen LogP contribution is -2.34. The number of anilines is 2. The minimum atomic E-state index is -0.207. The third kappa shape index (κ3) is 8.44. The van der Waals surface area contributed by atoms with Gasteiger partial charge >= 0.3 is 0 Å². The number of nitrogens with one attached hydrogen (secondary N) is 3. The Morgan fingerprint density at radius 3 is 2.31 bits per heavy atom. The highest BCUT2D eigenvalue weighted by Crippen LogP contribution is 2.15. The van der Waals surface area contributed by atoms with Gasteiger partial charge in [0.2, 0.25) is 5.91 Å². The zero-order chi connectivity index (χ0) is 21.1. The second-order valence-corrected chi connectivity index (χ2v) is 7.48. The average molecular weight is 412 g/mol. The summed E-state index contributed by atoms with van der Waals surface area (Å²) >= 11 is 5.22. The maximum atomic E-state index is 12.5. The predicted molar refractivity (Wildman–Crippen MR) is 123 cm³/mol. The van der Waals surface area contributed by atoms with Crippen molar-refractivity contribution in [2.45, 2.75) is 52.4 Å². The van der Waals surface area contributed by atoms with Gasteiger partial charge in [-0.15, -0.1) is 0 Å². The van der Waals surface area contributed by atoms with Gasteiger partial charge < -0.3 is 16.0 Å². The molecule has 3 N–H and O–H groups in total. The first-order valence-electron chi connectivity index (χ1n) is 10.1. The van der Waals surface area contributed by atoms with E-state index in [9.17, 15) is 9.59 Å². The smallest absolute Gasteiger partial charge is 0.255 e. The van der Waals surface area contributed by atoms with Crippen LogP contribution in [0.4, 0.5) is 11.4 Å². The summed E-state index contributed by atoms with van der Waals surface area (Å²) in [7, 11) is 0. The van der Waals surface area contributed by atoms with Crippen LogP contribution >= 0.6 is 12.2 Å². The lowest BCUT2D eigenvalue weighted by Gasteiger charge is -2.11. The first-order valence-corrected chi connectivity index (χ1v) is 10.5. The van der Waals surface area contributed by atoms with Gasteiger partial charge in [0.05, 0.1) is 0 Å². The number of amides is 2. The van der Waals surface area contributed by atoms with E-state index in [0.717, 1.165) is 30.5 Å². The Bertz CT molecular complexity index is 852. The summed E-state index contributed by atoms with van der Waals surface area (Å²) in [5.74, 6) is -0.298. The van der Waals surface area contributed by atoms with Crippen molar-refractivity contribution < 1.29 is 9.59 Å². The van der Waals surface area contributed by atoms with Crippen LogP contribution in [0.15, 0.2) is 48.5 Å². The zero-order valence-corrected chi connectivity index (χ0v) is 17.9. The van der Waals surface area contributed by atoms with E-state index in [4.69, 9.17) is 12.2 Å². The fraction of sp³-hybridized carbons (Fsp3) is 0.348. The number of unbranched alkanes of at least 4 members (excludes halogenated alkanes) is 4. The normalized spacial score (nSPS) is 10.3. The number of aryl methyl sites for hydroxylation is 1. The maximum absolute atomic E-state index is 12.5. The summed E-state index contributed by atoms with van der Waals surface area (Å²) in [6.45, 7) is 4.14. The van der Waals surface area contributed by atoms with E-state index in [-0.39, 0.29) is 16.9 Å². The molecule has 0 heterocycles. The van der Waals surface area contributed by atoms with Gasteiger partial charge in [-0.05, 0) is 61.5 Å². The predicted octanol–water partition coefficient (Wildman–Crippen LogP) is 5.42. The first kappa shape index (κ1) is 22.6. The van der Waals surface area contributed by atoms with Crippen LogP contribution in [0.5, 0.6) is 0 Å². The van der Waals surface area contributed by atoms with E-state index >= 15 is 0 Å². The molecule has 0 spiro atoms. The number of carbonyl (C=O) groups is 2. The van der Waals surface area contributed by atoms with E-state index in [1.165, 1.54) is 12.8 Å². The van der Waals surface area contributed by atoms with Crippen molar-refractivity contribution in [3.05, 3.63) is 59.7 Å². The molecule has 5 nitrogen and oxygen atoms in total. The van der Waals surface area contributed by atoms with Gasteiger partial charge in [0.25, 0.3) is 5.91 Å². The van der Waals surface area contributed by atoms with E-state index in [0.29, 0.717) is 17.7 Å². The minimum absolute atomic E-state index is 0.0904. The zero-order valence-electron chi connectivity index (χ0n) is 17.1. The Balaban J connectivity index is 1.84. The van der Waals surface area contributed by atoms with Gasteiger partial charge in [-0.3, -0.25) is 9.59 Å². The first-order chi connectivity index (χ1) is 14.0. The van der Waals surface area contributed by atoms with Crippen molar-refractivity contribution in [2.75, 3.05) is 10.6 Å². The van der Waals surface area contributed by atoms with E-state index in [2.05, 4.69) is 22.9 Å². The molecule has 2 amide bonds. The molecule has 29 heavy (non-hydrogen) atoms. The van der Waals surface area contributed by atoms with Crippen LogP contribution in [0.2, 0.25) is 0 Å². The number of hydrogen-bond donors (Lipinski definition) is 3. The van der Waals surface area contributed by atoms with Crippen molar-refractivity contribution in [1.82, 2.24) is 5.32 Å². The number of hydrogen-bond acceptors (Lipinski definition) is 3. The summed E-state index contributed by atoms with van der Waals surface area (Å²) in [5, 5.41) is 8.78. The molecule has 0 unspecified atom stereocenters. The highest BCUT2D eigenvalue weighted by atomic mass is 32.1. The van der Waals surface area contributed by atoms with Crippen LogP contribution in [-0.4, -0.2) is 16.9 Å². The van der Waals surface area contributed by atoms with Crippen LogP contribution in [-0.2, 0) is 4.79 Å². The average Bonchev–Trinajstić information content (AvgIpc) is 2.68. The fourth-order valence-electron chi connectivity index (χ4n) is 2.90. The Morgan fingerprint density at radius 1 is 0.897 bits per heavy atom. The summed E-state index contributed by atoms with van der Waals surface area (Å²) in [4.78, 5) is 24.5. The van der Waals surface area contributed by atoms with Gasteiger partial charge in [-0.2, -0.15) is 0 Å². The molecule has 0 aromatic heterocycles. The second-order valence-electron chi connectivity index (χ2n) is 7.07. The van der Waals surface area contributed by atoms with E-state index in [1.54, 1.807) is 24.3 Å². The van der Waals surface area contributed by atoms with Crippen LogP contribution in [0.3, 0.4) is 0 Å². The number of carbonyl (C=O) groups excluding carboxylic acids is 2. The Kier molecular flexibility index (Phi) is 9.31. The van der Waals surface area contributed by atoms with Crippen molar-refractivity contribution in [3.63, 3.8) is 0 Å². The van der Waals surface area contributed by atoms with E-state index < -0.39 is 0 Å². The molecule has 0 bridgehead atoms. The Hall–Kier alpha value is -2.73. The molecule has 6 heteroatoms. The maximum Gasteiger partial charge on any atom is 0.255 e. The molecule has 2 rings (SSSR count). The number of rotatable bonds is 9. The monoisotopic (exact) mass is 411 g/mol. The highest BCUT2D eigenvalue weighted by Gasteiger charge is 2.09. The van der Waals surface area contributed by atoms with Crippen LogP contribution < -0.4 is 16.0 Å². The minimum Gasteiger partial charge on any atom is -0.332 e. The molecule has 0 aliphatic carbocycles. The third-order valence-electron chi connectivity index (χ3n) is 4.42. The largest absolute Gasteiger partial charge is 0.332 e. The van der Waals surface area contributed by atoms with Crippen molar-refractivity contribution in [2.24, 2.45) is 0 Å². The van der Waals surface area contributed by atoms with E-state index in [1.807, 2.05) is 31.2 Å². The molecule has 0 saturated heterocycles. The molecule has 0 fully saturated rings. The third-order valence-corrected chi connectivity index (χ3v) is 4.62. The second kappa shape index (κ2) is 12.0. The Labute approximate surface area is 178 Å². The molecule has 2 aromatic rings. The quantitative estimate of drug-likeness (QED) is 0.381. The van der Waals surface area contributed by atoms with Crippen LogP contribution in [0.1, 0.15) is 61.4 Å². The molecular weight excluding hydrogens is 382 g/mol. The van der Waals surface area contributed by atoms with Crippen LogP contribution in [0, 0.1) is 6.92 Å². The lowest BCUT2D eigenvalue weighted by atomic mass is 10.1. The van der Waals surface area contributed by atoms with Crippen molar-refractivity contribution in [3.8, 4) is 0 Å². The van der Waals surface area contributed by atoms with Crippen molar-refractivity contribution in [1.29, 1.82) is 0 Å². The molecule has 154 valence electrons. The van der Waals surface area contributed by atoms with Gasteiger partial charge in [0.15, 0.2) is 5.11 Å². The summed E-state index contributed by atoms with van der Waals surface area (Å²) in [6, 6.07) is 14.6. The lowest BCUT2D eigenvalue weighted by molar-refractivity contribution is -0.119. The van der Waals surface area contributed by atoms with Crippen molar-refractivity contribution >= 4 is 40.5 Å². The Morgan fingerprint density at radius 2 is 1.59 bits per heavy atom. The van der Waals surface area contributed by atoms with Crippen LogP contribution in [0.25, 0.3) is 0 Å². The molecule has 0 atom stereocenters. The molecular formula is C23H29N3O2S. The summed E-state index contributed by atoms with van der Waals surface area (Å²) in [5.41, 5.74) is 2.97. The highest BCUT2D eigenvalue weighted by molar-refractivity contribution is 7.80. The standard InChI is InChI=1S/C23H29N3O2S/c1-3-4-5-6-7-14-21(27)26-23(29)25-20-13-9-11-18(16-20)22(28)24-19-12-8-10-17(2)15-19/h8-13,15-16H,3-7,14H2,1-2H3,(H,24,28)(H2,25,26,27,29). The van der Waals surface area contributed by atoms with Gasteiger partial charge in [0.1, 0.15) is 0 Å². The molecule has 2 aromatic carbocycles.